The van der Waals surface area contributed by atoms with Crippen LogP contribution in [0.15, 0.2) is 0 Å². The molecule has 0 bridgehead atoms. The molecule has 1 aliphatic rings. The lowest BCUT2D eigenvalue weighted by Gasteiger charge is -2.26. The Morgan fingerprint density at radius 3 is 2.48 bits per heavy atom. The van der Waals surface area contributed by atoms with Gasteiger partial charge in [0.15, 0.2) is 0 Å². The summed E-state index contributed by atoms with van der Waals surface area (Å²) in [6.07, 6.45) is 2.36. The molecule has 2 N–H and O–H groups in total. The standard InChI is InChI=1S/C14H26N6O/c1-5-15-11-16-12(19(4)10-14(2,3)21)18-13(17-11)20-8-6-7-9-20/h21H,5-10H2,1-4H3,(H,15,16,17,18). The Labute approximate surface area is 126 Å². The van der Waals surface area contributed by atoms with Gasteiger partial charge in [0.25, 0.3) is 0 Å². The molecule has 0 spiro atoms. The van der Waals surface area contributed by atoms with Crippen LogP contribution in [0.2, 0.25) is 0 Å². The average Bonchev–Trinajstić information content (AvgIpc) is 2.90. The van der Waals surface area contributed by atoms with E-state index in [4.69, 9.17) is 0 Å². The highest BCUT2D eigenvalue weighted by atomic mass is 16.3. The zero-order valence-corrected chi connectivity index (χ0v) is 13.4. The molecule has 0 aliphatic carbocycles. The van der Waals surface area contributed by atoms with E-state index in [0.717, 1.165) is 25.6 Å². The molecule has 1 aromatic rings. The quantitative estimate of drug-likeness (QED) is 0.813. The summed E-state index contributed by atoms with van der Waals surface area (Å²) >= 11 is 0. The van der Waals surface area contributed by atoms with E-state index < -0.39 is 5.60 Å². The fourth-order valence-electron chi connectivity index (χ4n) is 2.47. The third-order valence-electron chi connectivity index (χ3n) is 3.30. The normalized spacial score (nSPS) is 15.4. The predicted molar refractivity (Wildman–Crippen MR) is 85.0 cm³/mol. The van der Waals surface area contributed by atoms with Crippen molar-refractivity contribution in [2.45, 2.75) is 39.2 Å². The fourth-order valence-corrected chi connectivity index (χ4v) is 2.47. The summed E-state index contributed by atoms with van der Waals surface area (Å²) in [6, 6.07) is 0. The predicted octanol–water partition coefficient (Wildman–Crippen LogP) is 1.11. The molecule has 1 aromatic heterocycles. The van der Waals surface area contributed by atoms with Crippen LogP contribution in [0.25, 0.3) is 0 Å². The Hall–Kier alpha value is -1.63. The topological polar surface area (TPSA) is 77.4 Å². The molecule has 0 unspecified atom stereocenters. The molecular weight excluding hydrogens is 268 g/mol. The van der Waals surface area contributed by atoms with Gasteiger partial charge in [-0.2, -0.15) is 15.0 Å². The Morgan fingerprint density at radius 1 is 1.24 bits per heavy atom. The molecule has 0 atom stereocenters. The maximum absolute atomic E-state index is 9.96. The van der Waals surface area contributed by atoms with Gasteiger partial charge in [-0.05, 0) is 33.6 Å². The first-order valence-electron chi connectivity index (χ1n) is 7.57. The summed E-state index contributed by atoms with van der Waals surface area (Å²) in [4.78, 5) is 17.5. The van der Waals surface area contributed by atoms with Gasteiger partial charge >= 0.3 is 0 Å². The third-order valence-corrected chi connectivity index (χ3v) is 3.30. The van der Waals surface area contributed by atoms with E-state index in [1.54, 1.807) is 13.8 Å². The summed E-state index contributed by atoms with van der Waals surface area (Å²) in [5, 5.41) is 13.1. The minimum atomic E-state index is -0.798. The van der Waals surface area contributed by atoms with Crippen LogP contribution in [0.3, 0.4) is 0 Å². The molecule has 2 heterocycles. The van der Waals surface area contributed by atoms with Crippen molar-refractivity contribution in [2.24, 2.45) is 0 Å². The van der Waals surface area contributed by atoms with E-state index in [2.05, 4.69) is 25.2 Å². The summed E-state index contributed by atoms with van der Waals surface area (Å²) in [5.41, 5.74) is -0.798. The maximum Gasteiger partial charge on any atom is 0.231 e. The van der Waals surface area contributed by atoms with Gasteiger partial charge < -0.3 is 20.2 Å². The molecule has 0 saturated carbocycles. The maximum atomic E-state index is 9.96. The second-order valence-electron chi connectivity index (χ2n) is 6.15. The van der Waals surface area contributed by atoms with Gasteiger partial charge in [0, 0.05) is 33.2 Å². The summed E-state index contributed by atoms with van der Waals surface area (Å²) in [7, 11) is 1.89. The highest BCUT2D eigenvalue weighted by Gasteiger charge is 2.21. The highest BCUT2D eigenvalue weighted by molar-refractivity contribution is 5.45. The van der Waals surface area contributed by atoms with Gasteiger partial charge in [0.2, 0.25) is 17.8 Å². The fraction of sp³-hybridized carbons (Fsp3) is 0.786. The number of likely N-dealkylation sites (N-methyl/N-ethyl adjacent to an activating group) is 1. The average molecular weight is 294 g/mol. The van der Waals surface area contributed by atoms with Crippen molar-refractivity contribution in [3.8, 4) is 0 Å². The molecule has 1 aliphatic heterocycles. The van der Waals surface area contributed by atoms with Crippen LogP contribution in [-0.2, 0) is 0 Å². The summed E-state index contributed by atoms with van der Waals surface area (Å²) in [5.74, 6) is 1.90. The lowest BCUT2D eigenvalue weighted by molar-refractivity contribution is 0.0883. The first-order chi connectivity index (χ1) is 9.89. The van der Waals surface area contributed by atoms with Gasteiger partial charge in [-0.25, -0.2) is 0 Å². The second-order valence-corrected chi connectivity index (χ2v) is 6.15. The Bertz CT molecular complexity index is 467. The van der Waals surface area contributed by atoms with E-state index >= 15 is 0 Å². The van der Waals surface area contributed by atoms with Gasteiger partial charge in [0.1, 0.15) is 0 Å². The van der Waals surface area contributed by atoms with Crippen LogP contribution in [0, 0.1) is 0 Å². The van der Waals surface area contributed by atoms with E-state index in [1.807, 2.05) is 18.9 Å². The molecule has 7 nitrogen and oxygen atoms in total. The SMILES string of the molecule is CCNc1nc(N(C)CC(C)(C)O)nc(N2CCCC2)n1. The van der Waals surface area contributed by atoms with E-state index in [9.17, 15) is 5.11 Å². The van der Waals surface area contributed by atoms with Crippen molar-refractivity contribution in [1.29, 1.82) is 0 Å². The Balaban J connectivity index is 2.26. The molecule has 1 saturated heterocycles. The van der Waals surface area contributed by atoms with Gasteiger partial charge in [-0.3, -0.25) is 0 Å². The van der Waals surface area contributed by atoms with Crippen molar-refractivity contribution >= 4 is 17.8 Å². The first-order valence-corrected chi connectivity index (χ1v) is 7.57. The molecule has 0 radical (unpaired) electrons. The largest absolute Gasteiger partial charge is 0.389 e. The number of nitrogens with zero attached hydrogens (tertiary/aromatic N) is 5. The smallest absolute Gasteiger partial charge is 0.231 e. The van der Waals surface area contributed by atoms with Gasteiger partial charge in [-0.15, -0.1) is 0 Å². The molecular formula is C14H26N6O. The van der Waals surface area contributed by atoms with Crippen molar-refractivity contribution in [2.75, 3.05) is 48.3 Å². The van der Waals surface area contributed by atoms with Crippen LogP contribution in [-0.4, -0.2) is 58.9 Å². The number of nitrogens with one attached hydrogen (secondary N) is 1. The van der Waals surface area contributed by atoms with Crippen molar-refractivity contribution in [3.05, 3.63) is 0 Å². The number of hydrogen-bond donors (Lipinski definition) is 2. The van der Waals surface area contributed by atoms with Gasteiger partial charge in [0.05, 0.1) is 5.60 Å². The first kappa shape index (κ1) is 15.8. The zero-order chi connectivity index (χ0) is 15.5. The number of hydrogen-bond acceptors (Lipinski definition) is 7. The van der Waals surface area contributed by atoms with Crippen LogP contribution in [0.4, 0.5) is 17.8 Å². The minimum absolute atomic E-state index is 0.460. The molecule has 0 amide bonds. The Morgan fingerprint density at radius 2 is 1.90 bits per heavy atom. The van der Waals surface area contributed by atoms with Gasteiger partial charge in [-0.1, -0.05) is 0 Å². The molecule has 118 valence electrons. The molecule has 1 fully saturated rings. The number of anilines is 3. The van der Waals surface area contributed by atoms with Crippen molar-refractivity contribution in [1.82, 2.24) is 15.0 Å². The molecule has 7 heteroatoms. The van der Waals surface area contributed by atoms with Crippen LogP contribution < -0.4 is 15.1 Å². The van der Waals surface area contributed by atoms with E-state index in [0.29, 0.717) is 18.4 Å². The van der Waals surface area contributed by atoms with Crippen LogP contribution in [0.5, 0.6) is 0 Å². The Kier molecular flexibility index (Phi) is 4.82. The van der Waals surface area contributed by atoms with Crippen molar-refractivity contribution < 1.29 is 5.11 Å². The minimum Gasteiger partial charge on any atom is -0.389 e. The number of aliphatic hydroxyl groups is 1. The van der Waals surface area contributed by atoms with E-state index in [-0.39, 0.29) is 0 Å². The molecule has 21 heavy (non-hydrogen) atoms. The lowest BCUT2D eigenvalue weighted by atomic mass is 10.1. The lowest BCUT2D eigenvalue weighted by Crippen LogP contribution is -2.37. The molecule has 0 aromatic carbocycles. The third kappa shape index (κ3) is 4.42. The summed E-state index contributed by atoms with van der Waals surface area (Å²) in [6.45, 7) is 8.77. The van der Waals surface area contributed by atoms with E-state index in [1.165, 1.54) is 12.8 Å². The summed E-state index contributed by atoms with van der Waals surface area (Å²) < 4.78 is 0. The number of rotatable bonds is 6. The van der Waals surface area contributed by atoms with Crippen molar-refractivity contribution in [3.63, 3.8) is 0 Å². The highest BCUT2D eigenvalue weighted by Crippen LogP contribution is 2.20. The number of aromatic nitrogens is 3. The zero-order valence-electron chi connectivity index (χ0n) is 13.4. The second kappa shape index (κ2) is 6.43. The molecule has 2 rings (SSSR count). The van der Waals surface area contributed by atoms with Crippen LogP contribution in [0.1, 0.15) is 33.6 Å². The van der Waals surface area contributed by atoms with Crippen LogP contribution >= 0.6 is 0 Å². The monoisotopic (exact) mass is 294 g/mol.